The second kappa shape index (κ2) is 5.45. The summed E-state index contributed by atoms with van der Waals surface area (Å²) in [6.45, 7) is 3.32. The number of nitro groups is 1. The highest BCUT2D eigenvalue weighted by Gasteiger charge is 2.36. The lowest BCUT2D eigenvalue weighted by molar-refractivity contribution is -0.388. The Morgan fingerprint density at radius 1 is 1.60 bits per heavy atom. The first-order chi connectivity index (χ1) is 9.47. The first-order valence-corrected chi connectivity index (χ1v) is 6.34. The fourth-order valence-electron chi connectivity index (χ4n) is 2.38. The Morgan fingerprint density at radius 3 is 2.90 bits per heavy atom. The number of imidazole rings is 1. The molecule has 0 radical (unpaired) electrons. The molecule has 1 amide bonds. The van der Waals surface area contributed by atoms with Crippen molar-refractivity contribution in [3.8, 4) is 0 Å². The summed E-state index contributed by atoms with van der Waals surface area (Å²) in [5.41, 5.74) is 0. The van der Waals surface area contributed by atoms with Gasteiger partial charge in [0.15, 0.2) is 0 Å². The third-order valence-corrected chi connectivity index (χ3v) is 3.51. The molecule has 1 aliphatic heterocycles. The normalized spacial score (nSPS) is 18.9. The highest BCUT2D eigenvalue weighted by Crippen LogP contribution is 2.30. The molecule has 1 atom stereocenters. The molecule has 2 rings (SSSR count). The number of carbonyl (C=O) groups excluding carboxylic acids is 1. The molecule has 110 valence electrons. The van der Waals surface area contributed by atoms with Crippen LogP contribution in [0.25, 0.3) is 0 Å². The molecule has 2 heterocycles. The Morgan fingerprint density at radius 2 is 2.30 bits per heavy atom. The minimum atomic E-state index is -0.509. The van der Waals surface area contributed by atoms with Gasteiger partial charge in [0, 0.05) is 40.7 Å². The van der Waals surface area contributed by atoms with Crippen LogP contribution in [0, 0.1) is 17.0 Å². The molecule has 1 aromatic rings. The predicted molar refractivity (Wildman–Crippen MR) is 72.7 cm³/mol. The van der Waals surface area contributed by atoms with E-state index < -0.39 is 11.0 Å². The number of piperazine rings is 1. The Labute approximate surface area is 116 Å². The number of nitrogens with one attached hydrogen (secondary N) is 2. The molecule has 0 spiro atoms. The third kappa shape index (κ3) is 2.31. The molecule has 1 aliphatic rings. The van der Waals surface area contributed by atoms with Crippen molar-refractivity contribution in [2.24, 2.45) is 7.05 Å². The molecule has 1 unspecified atom stereocenters. The van der Waals surface area contributed by atoms with E-state index >= 15 is 0 Å². The van der Waals surface area contributed by atoms with Gasteiger partial charge in [0.1, 0.15) is 6.04 Å². The minimum absolute atomic E-state index is 0.176. The summed E-state index contributed by atoms with van der Waals surface area (Å²) in [7, 11) is 3.27. The van der Waals surface area contributed by atoms with E-state index in [-0.39, 0.29) is 11.7 Å². The fraction of sp³-hybridized carbons (Fsp3) is 0.636. The molecule has 0 saturated carbocycles. The summed E-state index contributed by atoms with van der Waals surface area (Å²) < 4.78 is 1.65. The molecule has 0 aromatic carbocycles. The van der Waals surface area contributed by atoms with Crippen LogP contribution in [0.5, 0.6) is 0 Å². The van der Waals surface area contributed by atoms with Crippen molar-refractivity contribution in [3.63, 3.8) is 0 Å². The average molecular weight is 282 g/mol. The first-order valence-electron chi connectivity index (χ1n) is 6.34. The van der Waals surface area contributed by atoms with Gasteiger partial charge in [0.2, 0.25) is 17.5 Å². The summed E-state index contributed by atoms with van der Waals surface area (Å²) >= 11 is 0. The number of aromatic nitrogens is 2. The maximum Gasteiger partial charge on any atom is 0.406 e. The second-order valence-corrected chi connectivity index (χ2v) is 4.65. The van der Waals surface area contributed by atoms with Crippen molar-refractivity contribution < 1.29 is 9.72 Å². The summed E-state index contributed by atoms with van der Waals surface area (Å²) in [5.74, 6) is 0.537. The lowest BCUT2D eigenvalue weighted by Gasteiger charge is -2.35. The summed E-state index contributed by atoms with van der Waals surface area (Å²) in [4.78, 5) is 28.3. The molecular weight excluding hydrogens is 264 g/mol. The lowest BCUT2D eigenvalue weighted by Crippen LogP contribution is -2.58. The van der Waals surface area contributed by atoms with Gasteiger partial charge in [-0.05, 0) is 9.91 Å². The number of rotatable bonds is 3. The van der Waals surface area contributed by atoms with Gasteiger partial charge in [-0.1, -0.05) is 0 Å². The second-order valence-electron chi connectivity index (χ2n) is 4.65. The van der Waals surface area contributed by atoms with Crippen molar-refractivity contribution in [2.45, 2.75) is 13.0 Å². The number of carbonyl (C=O) groups is 1. The van der Waals surface area contributed by atoms with Crippen LogP contribution >= 0.6 is 0 Å². The SMILES string of the molecule is CNC(=O)C1CNCCN1c1c([N+](=O)[O-])nc(C)n1C. The van der Waals surface area contributed by atoms with Crippen molar-refractivity contribution >= 4 is 17.5 Å². The van der Waals surface area contributed by atoms with Gasteiger partial charge >= 0.3 is 5.82 Å². The molecular formula is C11H18N6O3. The topological polar surface area (TPSA) is 105 Å². The van der Waals surface area contributed by atoms with Gasteiger partial charge in [-0.15, -0.1) is 0 Å². The zero-order valence-corrected chi connectivity index (χ0v) is 11.7. The van der Waals surface area contributed by atoms with E-state index in [2.05, 4.69) is 15.6 Å². The van der Waals surface area contributed by atoms with Gasteiger partial charge in [0.25, 0.3) is 0 Å². The van der Waals surface area contributed by atoms with Gasteiger partial charge < -0.3 is 25.6 Å². The molecule has 20 heavy (non-hydrogen) atoms. The number of hydrogen-bond donors (Lipinski definition) is 2. The monoisotopic (exact) mass is 282 g/mol. The van der Waals surface area contributed by atoms with E-state index in [1.807, 2.05) is 0 Å². The highest BCUT2D eigenvalue weighted by atomic mass is 16.6. The van der Waals surface area contributed by atoms with E-state index in [9.17, 15) is 14.9 Å². The highest BCUT2D eigenvalue weighted by molar-refractivity contribution is 5.86. The molecule has 9 nitrogen and oxygen atoms in total. The van der Waals surface area contributed by atoms with Crippen LogP contribution in [-0.2, 0) is 11.8 Å². The van der Waals surface area contributed by atoms with E-state index in [0.717, 1.165) is 0 Å². The first kappa shape index (κ1) is 14.3. The van der Waals surface area contributed by atoms with Gasteiger partial charge in [-0.25, -0.2) is 0 Å². The van der Waals surface area contributed by atoms with Crippen molar-refractivity contribution in [1.29, 1.82) is 0 Å². The zero-order chi connectivity index (χ0) is 14.9. The van der Waals surface area contributed by atoms with E-state index in [0.29, 0.717) is 31.3 Å². The number of likely N-dealkylation sites (N-methyl/N-ethyl adjacent to an activating group) is 1. The number of nitrogens with zero attached hydrogens (tertiary/aromatic N) is 4. The van der Waals surface area contributed by atoms with Crippen LogP contribution in [-0.4, -0.2) is 53.1 Å². The smallest absolute Gasteiger partial charge is 0.358 e. The minimum Gasteiger partial charge on any atom is -0.358 e. The predicted octanol–water partition coefficient (Wildman–Crippen LogP) is -0.839. The number of anilines is 1. The summed E-state index contributed by atoms with van der Waals surface area (Å²) in [6.07, 6.45) is 0. The Kier molecular flexibility index (Phi) is 3.89. The fourth-order valence-corrected chi connectivity index (χ4v) is 2.38. The van der Waals surface area contributed by atoms with E-state index in [4.69, 9.17) is 0 Å². The van der Waals surface area contributed by atoms with Gasteiger partial charge in [-0.2, -0.15) is 0 Å². The van der Waals surface area contributed by atoms with Crippen LogP contribution in [0.1, 0.15) is 5.82 Å². The van der Waals surface area contributed by atoms with Crippen LogP contribution in [0.4, 0.5) is 11.6 Å². The molecule has 1 saturated heterocycles. The van der Waals surface area contributed by atoms with Gasteiger partial charge in [0.05, 0.1) is 0 Å². The van der Waals surface area contributed by atoms with Crippen LogP contribution in [0.3, 0.4) is 0 Å². The largest absolute Gasteiger partial charge is 0.406 e. The molecule has 2 N–H and O–H groups in total. The third-order valence-electron chi connectivity index (χ3n) is 3.51. The number of aryl methyl sites for hydroxylation is 1. The van der Waals surface area contributed by atoms with Gasteiger partial charge in [-0.3, -0.25) is 9.36 Å². The van der Waals surface area contributed by atoms with Crippen molar-refractivity contribution in [1.82, 2.24) is 20.2 Å². The molecule has 0 aliphatic carbocycles. The van der Waals surface area contributed by atoms with Crippen LogP contribution < -0.4 is 15.5 Å². The maximum absolute atomic E-state index is 12.0. The molecule has 0 bridgehead atoms. The van der Waals surface area contributed by atoms with Crippen LogP contribution in [0.15, 0.2) is 0 Å². The van der Waals surface area contributed by atoms with E-state index in [1.165, 1.54) is 0 Å². The molecule has 9 heteroatoms. The summed E-state index contributed by atoms with van der Waals surface area (Å²) in [6, 6.07) is -0.484. The zero-order valence-electron chi connectivity index (χ0n) is 11.7. The molecule has 1 fully saturated rings. The Balaban J connectivity index is 2.47. The molecule has 1 aromatic heterocycles. The van der Waals surface area contributed by atoms with Crippen LogP contribution in [0.2, 0.25) is 0 Å². The number of hydrogen-bond acceptors (Lipinski definition) is 6. The van der Waals surface area contributed by atoms with E-state index in [1.54, 1.807) is 30.5 Å². The Hall–Kier alpha value is -2.16. The summed E-state index contributed by atoms with van der Waals surface area (Å²) in [5, 5.41) is 16.9. The standard InChI is InChI=1S/C11H18N6O3/c1-7-14-9(17(19)20)11(15(7)3)16-5-4-13-6-8(16)10(18)12-2/h8,13H,4-6H2,1-3H3,(H,12,18). The maximum atomic E-state index is 12.0. The van der Waals surface area contributed by atoms with Crippen molar-refractivity contribution in [2.75, 3.05) is 31.6 Å². The van der Waals surface area contributed by atoms with Crippen molar-refractivity contribution in [3.05, 3.63) is 15.9 Å². The Bertz CT molecular complexity index is 541. The quantitative estimate of drug-likeness (QED) is 0.553. The average Bonchev–Trinajstić information content (AvgIpc) is 2.74. The lowest BCUT2D eigenvalue weighted by atomic mass is 10.1. The number of amides is 1.